The molecule has 0 aliphatic carbocycles. The molecule has 0 N–H and O–H groups in total. The van der Waals surface area contributed by atoms with Crippen LogP contribution in [0.25, 0.3) is 11.4 Å². The highest BCUT2D eigenvalue weighted by Gasteiger charge is 2.13. The summed E-state index contributed by atoms with van der Waals surface area (Å²) >= 11 is 0. The highest BCUT2D eigenvalue weighted by atomic mass is 19.1. The second-order valence-corrected chi connectivity index (χ2v) is 6.28. The van der Waals surface area contributed by atoms with Gasteiger partial charge in [-0.2, -0.15) is 0 Å². The summed E-state index contributed by atoms with van der Waals surface area (Å²) in [4.78, 5) is 6.47. The van der Waals surface area contributed by atoms with E-state index in [2.05, 4.69) is 34.1 Å². The van der Waals surface area contributed by atoms with Crippen LogP contribution in [0.2, 0.25) is 0 Å². The molecule has 0 bridgehead atoms. The Labute approximate surface area is 147 Å². The Morgan fingerprint density at radius 1 is 1.08 bits per heavy atom. The minimum absolute atomic E-state index is 0.311. The maximum Gasteiger partial charge on any atom is 0.143 e. The normalized spacial score (nSPS) is 11.1. The van der Waals surface area contributed by atoms with Crippen molar-refractivity contribution < 1.29 is 9.13 Å². The van der Waals surface area contributed by atoms with Gasteiger partial charge in [-0.3, -0.25) is 0 Å². The maximum absolute atomic E-state index is 14.2. The summed E-state index contributed by atoms with van der Waals surface area (Å²) in [5.41, 5.74) is 2.84. The smallest absolute Gasteiger partial charge is 0.143 e. The number of benzene rings is 2. The first-order valence-corrected chi connectivity index (χ1v) is 8.14. The fourth-order valence-electron chi connectivity index (χ4n) is 2.80. The van der Waals surface area contributed by atoms with Gasteiger partial charge in [0.15, 0.2) is 0 Å². The number of halogens is 1. The van der Waals surface area contributed by atoms with E-state index >= 15 is 0 Å². The molecule has 0 radical (unpaired) electrons. The monoisotopic (exact) mass is 339 g/mol. The molecule has 25 heavy (non-hydrogen) atoms. The first-order chi connectivity index (χ1) is 12.1. The van der Waals surface area contributed by atoms with E-state index in [1.807, 2.05) is 24.9 Å². The van der Waals surface area contributed by atoms with Gasteiger partial charge >= 0.3 is 0 Å². The summed E-state index contributed by atoms with van der Waals surface area (Å²) in [6.07, 6.45) is 3.55. The standard InChI is InChI=1S/C20H22FN3O/c1-23(2)13-15-4-6-16(7-5-15)14-24-11-10-22-20(24)18-12-17(25-3)8-9-19(18)21/h4-12H,13-14H2,1-3H3. The summed E-state index contributed by atoms with van der Waals surface area (Å²) in [5.74, 6) is 0.891. The van der Waals surface area contributed by atoms with Gasteiger partial charge < -0.3 is 14.2 Å². The highest BCUT2D eigenvalue weighted by Crippen LogP contribution is 2.26. The first kappa shape index (κ1) is 17.2. The van der Waals surface area contributed by atoms with Crippen molar-refractivity contribution >= 4 is 0 Å². The van der Waals surface area contributed by atoms with Gasteiger partial charge in [-0.1, -0.05) is 24.3 Å². The van der Waals surface area contributed by atoms with Gasteiger partial charge in [0.1, 0.15) is 17.4 Å². The molecule has 0 amide bonds. The van der Waals surface area contributed by atoms with Gasteiger partial charge in [-0.15, -0.1) is 0 Å². The van der Waals surface area contributed by atoms with Gasteiger partial charge in [0.2, 0.25) is 0 Å². The Morgan fingerprint density at radius 3 is 2.48 bits per heavy atom. The van der Waals surface area contributed by atoms with Crippen molar-refractivity contribution in [3.63, 3.8) is 0 Å². The fourth-order valence-corrected chi connectivity index (χ4v) is 2.80. The number of aromatic nitrogens is 2. The Bertz CT molecular complexity index is 840. The van der Waals surface area contributed by atoms with Crippen LogP contribution in [0.5, 0.6) is 5.75 Å². The van der Waals surface area contributed by atoms with Gasteiger partial charge in [0.25, 0.3) is 0 Å². The molecule has 3 aromatic rings. The predicted octanol–water partition coefficient (Wildman–Crippen LogP) is 3.81. The average Bonchev–Trinajstić information content (AvgIpc) is 3.04. The predicted molar refractivity (Wildman–Crippen MR) is 97.1 cm³/mol. The van der Waals surface area contributed by atoms with Crippen LogP contribution < -0.4 is 4.74 Å². The van der Waals surface area contributed by atoms with Crippen molar-refractivity contribution in [2.45, 2.75) is 13.1 Å². The third-order valence-electron chi connectivity index (χ3n) is 4.00. The number of rotatable bonds is 6. The van der Waals surface area contributed by atoms with Gasteiger partial charge in [0, 0.05) is 25.5 Å². The Balaban J connectivity index is 1.85. The molecular formula is C20H22FN3O. The van der Waals surface area contributed by atoms with E-state index in [0.717, 1.165) is 12.1 Å². The SMILES string of the molecule is COc1ccc(F)c(-c2nccn2Cc2ccc(CN(C)C)cc2)c1. The zero-order chi connectivity index (χ0) is 17.8. The molecule has 0 unspecified atom stereocenters. The molecule has 4 nitrogen and oxygen atoms in total. The van der Waals surface area contributed by atoms with Gasteiger partial charge in [-0.25, -0.2) is 9.37 Å². The van der Waals surface area contributed by atoms with E-state index in [1.54, 1.807) is 25.4 Å². The lowest BCUT2D eigenvalue weighted by atomic mass is 10.1. The topological polar surface area (TPSA) is 30.3 Å². The molecule has 1 aromatic heterocycles. The summed E-state index contributed by atoms with van der Waals surface area (Å²) < 4.78 is 21.4. The largest absolute Gasteiger partial charge is 0.497 e. The van der Waals surface area contributed by atoms with E-state index in [4.69, 9.17) is 4.74 Å². The zero-order valence-electron chi connectivity index (χ0n) is 14.7. The second kappa shape index (κ2) is 7.49. The molecule has 0 fully saturated rings. The average molecular weight is 339 g/mol. The van der Waals surface area contributed by atoms with Crippen LogP contribution >= 0.6 is 0 Å². The highest BCUT2D eigenvalue weighted by molar-refractivity contribution is 5.59. The zero-order valence-corrected chi connectivity index (χ0v) is 14.7. The molecule has 0 aliphatic rings. The van der Waals surface area contributed by atoms with Crippen LogP contribution in [0.4, 0.5) is 4.39 Å². The molecule has 0 saturated heterocycles. The van der Waals surface area contributed by atoms with Crippen molar-refractivity contribution in [1.29, 1.82) is 0 Å². The Hall–Kier alpha value is -2.66. The van der Waals surface area contributed by atoms with Crippen molar-refractivity contribution in [2.75, 3.05) is 21.2 Å². The first-order valence-electron chi connectivity index (χ1n) is 8.14. The van der Waals surface area contributed by atoms with Crippen LogP contribution in [0.3, 0.4) is 0 Å². The molecule has 0 saturated carbocycles. The molecule has 0 aliphatic heterocycles. The number of nitrogens with zero attached hydrogens (tertiary/aromatic N) is 3. The van der Waals surface area contributed by atoms with Crippen LogP contribution in [0, 0.1) is 5.82 Å². The number of ether oxygens (including phenoxy) is 1. The van der Waals surface area contributed by atoms with Crippen molar-refractivity contribution in [1.82, 2.24) is 14.5 Å². The summed E-state index contributed by atoms with van der Waals surface area (Å²) in [7, 11) is 5.67. The number of methoxy groups -OCH3 is 1. The quantitative estimate of drug-likeness (QED) is 0.684. The lowest BCUT2D eigenvalue weighted by molar-refractivity contribution is 0.402. The van der Waals surface area contributed by atoms with E-state index in [1.165, 1.54) is 11.6 Å². The summed E-state index contributed by atoms with van der Waals surface area (Å²) in [6, 6.07) is 13.1. The van der Waals surface area contributed by atoms with E-state index in [9.17, 15) is 4.39 Å². The van der Waals surface area contributed by atoms with Crippen molar-refractivity contribution in [2.24, 2.45) is 0 Å². The third kappa shape index (κ3) is 4.06. The fraction of sp³-hybridized carbons (Fsp3) is 0.250. The summed E-state index contributed by atoms with van der Waals surface area (Å²) in [6.45, 7) is 1.54. The minimum atomic E-state index is -0.311. The summed E-state index contributed by atoms with van der Waals surface area (Å²) in [5, 5.41) is 0. The van der Waals surface area contributed by atoms with Crippen LogP contribution in [-0.4, -0.2) is 35.7 Å². The van der Waals surface area contributed by atoms with E-state index in [-0.39, 0.29) is 5.82 Å². The molecule has 2 aromatic carbocycles. The molecule has 1 heterocycles. The van der Waals surface area contributed by atoms with E-state index < -0.39 is 0 Å². The van der Waals surface area contributed by atoms with E-state index in [0.29, 0.717) is 23.7 Å². The molecule has 5 heteroatoms. The third-order valence-corrected chi connectivity index (χ3v) is 4.00. The molecule has 3 rings (SSSR count). The molecular weight excluding hydrogens is 317 g/mol. The number of hydrogen-bond acceptors (Lipinski definition) is 3. The van der Waals surface area contributed by atoms with Crippen LogP contribution in [0.1, 0.15) is 11.1 Å². The molecule has 0 spiro atoms. The second-order valence-electron chi connectivity index (χ2n) is 6.28. The van der Waals surface area contributed by atoms with Crippen LogP contribution in [0.15, 0.2) is 54.9 Å². The van der Waals surface area contributed by atoms with Crippen LogP contribution in [-0.2, 0) is 13.1 Å². The van der Waals surface area contributed by atoms with Crippen molar-refractivity contribution in [3.05, 3.63) is 71.8 Å². The maximum atomic E-state index is 14.2. The molecule has 0 atom stereocenters. The number of hydrogen-bond donors (Lipinski definition) is 0. The Morgan fingerprint density at radius 2 is 1.80 bits per heavy atom. The van der Waals surface area contributed by atoms with Gasteiger partial charge in [-0.05, 0) is 43.4 Å². The van der Waals surface area contributed by atoms with Gasteiger partial charge in [0.05, 0.1) is 12.7 Å². The lowest BCUT2D eigenvalue weighted by Gasteiger charge is -2.12. The molecule has 130 valence electrons. The van der Waals surface area contributed by atoms with Crippen molar-refractivity contribution in [3.8, 4) is 17.1 Å². The lowest BCUT2D eigenvalue weighted by Crippen LogP contribution is -2.10. The minimum Gasteiger partial charge on any atom is -0.497 e. The number of imidazole rings is 1. The Kier molecular flexibility index (Phi) is 5.14.